The molecule has 1 amide bonds. The lowest BCUT2D eigenvalue weighted by molar-refractivity contribution is 0.0963. The molecule has 0 bridgehead atoms. The predicted octanol–water partition coefficient (Wildman–Crippen LogP) is 2.78. The highest BCUT2D eigenvalue weighted by Crippen LogP contribution is 2.08. The minimum Gasteiger partial charge on any atom is -0.355 e. The first-order valence-corrected chi connectivity index (χ1v) is 5.59. The van der Waals surface area contributed by atoms with E-state index in [0.29, 0.717) is 0 Å². The lowest BCUT2D eigenvalue weighted by Gasteiger charge is -2.02. The van der Waals surface area contributed by atoms with E-state index in [9.17, 15) is 4.79 Å². The Kier molecular flexibility index (Phi) is 4.88. The topological polar surface area (TPSA) is 29.1 Å². The number of carbonyl (C=O) groups excluding carboxylic acids is 1. The molecule has 0 aliphatic carbocycles. The van der Waals surface area contributed by atoms with Crippen LogP contribution < -0.4 is 5.32 Å². The molecule has 0 atom stereocenters. The summed E-state index contributed by atoms with van der Waals surface area (Å²) in [7, 11) is 1.65. The van der Waals surface area contributed by atoms with Crippen LogP contribution in [0.25, 0.3) is 0 Å². The molecule has 2 nitrogen and oxygen atoms in total. The van der Waals surface area contributed by atoms with E-state index in [4.69, 9.17) is 0 Å². The van der Waals surface area contributed by atoms with Crippen molar-refractivity contribution in [3.8, 4) is 0 Å². The van der Waals surface area contributed by atoms with E-state index in [1.165, 1.54) is 24.8 Å². The molecule has 1 aromatic carbocycles. The van der Waals surface area contributed by atoms with Crippen LogP contribution in [0.4, 0.5) is 0 Å². The summed E-state index contributed by atoms with van der Waals surface area (Å²) >= 11 is 0. The molecule has 0 heterocycles. The fourth-order valence-electron chi connectivity index (χ4n) is 1.55. The lowest BCUT2D eigenvalue weighted by atomic mass is 10.1. The summed E-state index contributed by atoms with van der Waals surface area (Å²) in [6.07, 6.45) is 4.87. The summed E-state index contributed by atoms with van der Waals surface area (Å²) in [4.78, 5) is 11.3. The largest absolute Gasteiger partial charge is 0.355 e. The zero-order chi connectivity index (χ0) is 11.1. The average molecular weight is 205 g/mol. The quantitative estimate of drug-likeness (QED) is 0.736. The van der Waals surface area contributed by atoms with Crippen molar-refractivity contribution in [1.29, 1.82) is 0 Å². The Morgan fingerprint density at radius 2 is 1.87 bits per heavy atom. The zero-order valence-corrected chi connectivity index (χ0v) is 9.55. The zero-order valence-electron chi connectivity index (χ0n) is 9.55. The SMILES string of the molecule is CCCCCc1ccc(C(=O)NC)cc1. The van der Waals surface area contributed by atoms with Gasteiger partial charge in [-0.25, -0.2) is 0 Å². The third-order valence-corrected chi connectivity index (χ3v) is 2.51. The summed E-state index contributed by atoms with van der Waals surface area (Å²) in [5.74, 6) is -0.0184. The van der Waals surface area contributed by atoms with Crippen LogP contribution in [0, 0.1) is 0 Å². The molecular formula is C13H19NO. The van der Waals surface area contributed by atoms with Crippen molar-refractivity contribution in [3.05, 3.63) is 35.4 Å². The maximum absolute atomic E-state index is 11.3. The van der Waals surface area contributed by atoms with Gasteiger partial charge in [-0.05, 0) is 30.5 Å². The van der Waals surface area contributed by atoms with Crippen molar-refractivity contribution in [2.75, 3.05) is 7.05 Å². The van der Waals surface area contributed by atoms with E-state index < -0.39 is 0 Å². The molecule has 0 spiro atoms. The molecule has 0 fully saturated rings. The van der Waals surface area contributed by atoms with Gasteiger partial charge in [-0.3, -0.25) is 4.79 Å². The first kappa shape index (κ1) is 11.8. The van der Waals surface area contributed by atoms with Crippen LogP contribution in [-0.2, 0) is 6.42 Å². The van der Waals surface area contributed by atoms with Gasteiger partial charge in [-0.1, -0.05) is 31.9 Å². The number of hydrogen-bond donors (Lipinski definition) is 1. The Morgan fingerprint density at radius 3 is 2.40 bits per heavy atom. The number of rotatable bonds is 5. The molecule has 1 N–H and O–H groups in total. The second-order valence-corrected chi connectivity index (χ2v) is 3.73. The number of amides is 1. The van der Waals surface area contributed by atoms with E-state index in [0.717, 1.165) is 12.0 Å². The third kappa shape index (κ3) is 3.74. The first-order chi connectivity index (χ1) is 7.27. The molecule has 1 rings (SSSR count). The highest BCUT2D eigenvalue weighted by Gasteiger charge is 2.01. The second-order valence-electron chi connectivity index (χ2n) is 3.73. The summed E-state index contributed by atoms with van der Waals surface area (Å²) in [6, 6.07) is 7.86. The molecule has 0 radical (unpaired) electrons. The van der Waals surface area contributed by atoms with Crippen LogP contribution in [0.15, 0.2) is 24.3 Å². The normalized spacial score (nSPS) is 10.0. The first-order valence-electron chi connectivity index (χ1n) is 5.59. The van der Waals surface area contributed by atoms with E-state index in [1.807, 2.05) is 24.3 Å². The molecule has 0 unspecified atom stereocenters. The monoisotopic (exact) mass is 205 g/mol. The minimum absolute atomic E-state index is 0.0184. The van der Waals surface area contributed by atoms with Gasteiger partial charge in [0.25, 0.3) is 5.91 Å². The summed E-state index contributed by atoms with van der Waals surface area (Å²) in [6.45, 7) is 2.20. The van der Waals surface area contributed by atoms with E-state index >= 15 is 0 Å². The highest BCUT2D eigenvalue weighted by atomic mass is 16.1. The number of unbranched alkanes of at least 4 members (excludes halogenated alkanes) is 2. The van der Waals surface area contributed by atoms with Crippen molar-refractivity contribution >= 4 is 5.91 Å². The highest BCUT2D eigenvalue weighted by molar-refractivity contribution is 5.93. The van der Waals surface area contributed by atoms with Crippen LogP contribution in [0.1, 0.15) is 42.1 Å². The molecular weight excluding hydrogens is 186 g/mol. The number of hydrogen-bond acceptors (Lipinski definition) is 1. The van der Waals surface area contributed by atoms with E-state index in [1.54, 1.807) is 7.05 Å². The molecule has 0 saturated heterocycles. The van der Waals surface area contributed by atoms with Gasteiger partial charge >= 0.3 is 0 Å². The number of carbonyl (C=O) groups is 1. The third-order valence-electron chi connectivity index (χ3n) is 2.51. The van der Waals surface area contributed by atoms with E-state index in [-0.39, 0.29) is 5.91 Å². The van der Waals surface area contributed by atoms with Gasteiger partial charge in [0.15, 0.2) is 0 Å². The lowest BCUT2D eigenvalue weighted by Crippen LogP contribution is -2.17. The van der Waals surface area contributed by atoms with Gasteiger partial charge in [0.2, 0.25) is 0 Å². The van der Waals surface area contributed by atoms with Gasteiger partial charge in [-0.2, -0.15) is 0 Å². The number of nitrogens with one attached hydrogen (secondary N) is 1. The molecule has 0 aliphatic heterocycles. The number of benzene rings is 1. The van der Waals surface area contributed by atoms with Gasteiger partial charge in [-0.15, -0.1) is 0 Å². The summed E-state index contributed by atoms with van der Waals surface area (Å²) < 4.78 is 0. The van der Waals surface area contributed by atoms with Gasteiger partial charge in [0, 0.05) is 12.6 Å². The van der Waals surface area contributed by atoms with Crippen LogP contribution in [0.2, 0.25) is 0 Å². The molecule has 2 heteroatoms. The smallest absolute Gasteiger partial charge is 0.251 e. The standard InChI is InChI=1S/C13H19NO/c1-3-4-5-6-11-7-9-12(10-8-11)13(15)14-2/h7-10H,3-6H2,1-2H3,(H,14,15). The average Bonchev–Trinajstić information content (AvgIpc) is 2.29. The van der Waals surface area contributed by atoms with Gasteiger partial charge in [0.1, 0.15) is 0 Å². The van der Waals surface area contributed by atoms with Crippen molar-refractivity contribution in [1.82, 2.24) is 5.32 Å². The number of aryl methyl sites for hydroxylation is 1. The van der Waals surface area contributed by atoms with Crippen LogP contribution in [0.3, 0.4) is 0 Å². The Hall–Kier alpha value is -1.31. The maximum Gasteiger partial charge on any atom is 0.251 e. The Labute approximate surface area is 91.7 Å². The molecule has 0 saturated carbocycles. The molecule has 0 aliphatic rings. The van der Waals surface area contributed by atoms with Crippen molar-refractivity contribution in [2.24, 2.45) is 0 Å². The predicted molar refractivity (Wildman–Crippen MR) is 63.1 cm³/mol. The molecule has 0 aromatic heterocycles. The van der Waals surface area contributed by atoms with Crippen LogP contribution in [0.5, 0.6) is 0 Å². The minimum atomic E-state index is -0.0184. The maximum atomic E-state index is 11.3. The Bertz CT molecular complexity index is 303. The Morgan fingerprint density at radius 1 is 1.20 bits per heavy atom. The summed E-state index contributed by atoms with van der Waals surface area (Å²) in [5, 5.41) is 2.61. The van der Waals surface area contributed by atoms with Gasteiger partial charge in [0.05, 0.1) is 0 Å². The van der Waals surface area contributed by atoms with Crippen molar-refractivity contribution in [2.45, 2.75) is 32.6 Å². The molecule has 1 aromatic rings. The van der Waals surface area contributed by atoms with Crippen molar-refractivity contribution in [3.63, 3.8) is 0 Å². The van der Waals surface area contributed by atoms with Crippen LogP contribution in [-0.4, -0.2) is 13.0 Å². The van der Waals surface area contributed by atoms with Gasteiger partial charge < -0.3 is 5.32 Å². The molecule has 15 heavy (non-hydrogen) atoms. The fraction of sp³-hybridized carbons (Fsp3) is 0.462. The fourth-order valence-corrected chi connectivity index (χ4v) is 1.55. The Balaban J connectivity index is 2.52. The van der Waals surface area contributed by atoms with Crippen LogP contribution >= 0.6 is 0 Å². The second kappa shape index (κ2) is 6.23. The van der Waals surface area contributed by atoms with Crippen molar-refractivity contribution < 1.29 is 4.79 Å². The van der Waals surface area contributed by atoms with E-state index in [2.05, 4.69) is 12.2 Å². The molecule has 82 valence electrons. The summed E-state index contributed by atoms with van der Waals surface area (Å²) in [5.41, 5.74) is 2.05.